The summed E-state index contributed by atoms with van der Waals surface area (Å²) in [6.45, 7) is 4.78. The maximum absolute atomic E-state index is 12.0. The van der Waals surface area contributed by atoms with Gasteiger partial charge < -0.3 is 5.32 Å². The minimum atomic E-state index is -0.117. The van der Waals surface area contributed by atoms with E-state index < -0.39 is 0 Å². The van der Waals surface area contributed by atoms with E-state index in [9.17, 15) is 4.79 Å². The van der Waals surface area contributed by atoms with Crippen LogP contribution in [0, 0.1) is 0 Å². The second kappa shape index (κ2) is 7.36. The molecule has 0 radical (unpaired) electrons. The van der Waals surface area contributed by atoms with E-state index in [4.69, 9.17) is 0 Å². The number of carbonyl (C=O) groups excluding carboxylic acids is 1. The van der Waals surface area contributed by atoms with Crippen LogP contribution in [-0.2, 0) is 6.54 Å². The summed E-state index contributed by atoms with van der Waals surface area (Å²) in [5, 5.41) is 6.05. The van der Waals surface area contributed by atoms with Gasteiger partial charge in [-0.1, -0.05) is 38.1 Å². The molecule has 0 fully saturated rings. The van der Waals surface area contributed by atoms with Crippen molar-refractivity contribution in [3.63, 3.8) is 0 Å². The van der Waals surface area contributed by atoms with E-state index >= 15 is 0 Å². The van der Waals surface area contributed by atoms with E-state index in [-0.39, 0.29) is 5.91 Å². The zero-order valence-electron chi connectivity index (χ0n) is 13.7. The van der Waals surface area contributed by atoms with Gasteiger partial charge in [0.25, 0.3) is 5.91 Å². The number of aromatic nitrogens is 2. The topological polar surface area (TPSA) is 54.9 Å². The number of benzene rings is 1. The molecule has 0 spiro atoms. The lowest BCUT2D eigenvalue weighted by atomic mass is 10.1. The maximum Gasteiger partial charge on any atom is 0.253 e. The van der Waals surface area contributed by atoms with Gasteiger partial charge in [0.2, 0.25) is 0 Å². The summed E-state index contributed by atoms with van der Waals surface area (Å²) >= 11 is 1.66. The van der Waals surface area contributed by atoms with Crippen molar-refractivity contribution < 1.29 is 4.79 Å². The number of thiazole rings is 1. The molecule has 0 bridgehead atoms. The van der Waals surface area contributed by atoms with Crippen molar-refractivity contribution in [1.82, 2.24) is 15.3 Å². The van der Waals surface area contributed by atoms with E-state index in [1.54, 1.807) is 35.9 Å². The number of pyridine rings is 1. The second-order valence-electron chi connectivity index (χ2n) is 5.85. The van der Waals surface area contributed by atoms with Gasteiger partial charge >= 0.3 is 0 Å². The number of carbonyl (C=O) groups is 1. The van der Waals surface area contributed by atoms with Crippen LogP contribution >= 0.6 is 11.3 Å². The normalized spacial score (nSPS) is 10.8. The van der Waals surface area contributed by atoms with Gasteiger partial charge in [0.1, 0.15) is 5.01 Å². The number of nitrogens with one attached hydrogen (secondary N) is 1. The SMILES string of the molecule is CC(C)c1csc(-c2ccc(CNC(=O)c3cccnc3)cc2)n1. The highest BCUT2D eigenvalue weighted by Gasteiger charge is 2.08. The van der Waals surface area contributed by atoms with Crippen molar-refractivity contribution >= 4 is 17.2 Å². The molecule has 5 heteroatoms. The van der Waals surface area contributed by atoms with E-state index in [1.807, 2.05) is 12.1 Å². The molecule has 3 aromatic rings. The Bertz CT molecular complexity index is 810. The summed E-state index contributed by atoms with van der Waals surface area (Å²) in [5.41, 5.74) is 3.85. The molecule has 0 aliphatic heterocycles. The number of hydrogen-bond acceptors (Lipinski definition) is 4. The predicted octanol–water partition coefficient (Wildman–Crippen LogP) is 4.26. The molecule has 2 aromatic heterocycles. The number of rotatable bonds is 5. The summed E-state index contributed by atoms with van der Waals surface area (Å²) in [5.74, 6) is 0.325. The molecule has 122 valence electrons. The molecule has 0 aliphatic rings. The van der Waals surface area contributed by atoms with Gasteiger partial charge in [0, 0.05) is 29.9 Å². The number of amides is 1. The molecule has 24 heavy (non-hydrogen) atoms. The Morgan fingerprint density at radius 2 is 2.00 bits per heavy atom. The van der Waals surface area contributed by atoms with E-state index in [0.717, 1.165) is 21.8 Å². The molecule has 1 aromatic carbocycles. The van der Waals surface area contributed by atoms with E-state index in [1.165, 1.54) is 0 Å². The first-order valence-electron chi connectivity index (χ1n) is 7.86. The van der Waals surface area contributed by atoms with Crippen molar-refractivity contribution in [2.45, 2.75) is 26.3 Å². The third-order valence-corrected chi connectivity index (χ3v) is 4.60. The first kappa shape index (κ1) is 16.3. The molecule has 0 saturated heterocycles. The van der Waals surface area contributed by atoms with Crippen molar-refractivity contribution in [3.8, 4) is 10.6 Å². The van der Waals surface area contributed by atoms with E-state index in [0.29, 0.717) is 18.0 Å². The Morgan fingerprint density at radius 1 is 1.21 bits per heavy atom. The Kier molecular flexibility index (Phi) is 5.01. The zero-order chi connectivity index (χ0) is 16.9. The third-order valence-electron chi connectivity index (χ3n) is 3.69. The van der Waals surface area contributed by atoms with Gasteiger partial charge in [-0.2, -0.15) is 0 Å². The highest BCUT2D eigenvalue weighted by Crippen LogP contribution is 2.26. The fourth-order valence-electron chi connectivity index (χ4n) is 2.23. The first-order chi connectivity index (χ1) is 11.6. The van der Waals surface area contributed by atoms with Crippen molar-refractivity contribution in [2.24, 2.45) is 0 Å². The fourth-order valence-corrected chi connectivity index (χ4v) is 3.22. The molecule has 0 unspecified atom stereocenters. The molecule has 0 aliphatic carbocycles. The summed E-state index contributed by atoms with van der Waals surface area (Å²) in [6.07, 6.45) is 3.21. The van der Waals surface area contributed by atoms with Gasteiger partial charge in [-0.3, -0.25) is 9.78 Å². The molecular formula is C19H19N3OS. The van der Waals surface area contributed by atoms with Crippen molar-refractivity contribution in [2.75, 3.05) is 0 Å². The van der Waals surface area contributed by atoms with Crippen molar-refractivity contribution in [1.29, 1.82) is 0 Å². The molecule has 0 saturated carbocycles. The lowest BCUT2D eigenvalue weighted by Crippen LogP contribution is -2.22. The minimum absolute atomic E-state index is 0.117. The molecule has 1 N–H and O–H groups in total. The van der Waals surface area contributed by atoms with Crippen LogP contribution in [0.1, 0.15) is 41.4 Å². The van der Waals surface area contributed by atoms with Crippen LogP contribution in [0.15, 0.2) is 54.2 Å². The molecule has 0 atom stereocenters. The Balaban J connectivity index is 1.63. The van der Waals surface area contributed by atoms with Gasteiger partial charge in [-0.05, 0) is 23.6 Å². The first-order valence-corrected chi connectivity index (χ1v) is 8.74. The Hall–Kier alpha value is -2.53. The van der Waals surface area contributed by atoms with Crippen molar-refractivity contribution in [3.05, 3.63) is 71.0 Å². The van der Waals surface area contributed by atoms with Crippen LogP contribution in [0.5, 0.6) is 0 Å². The largest absolute Gasteiger partial charge is 0.348 e. The monoisotopic (exact) mass is 337 g/mol. The lowest BCUT2D eigenvalue weighted by Gasteiger charge is -2.06. The van der Waals surface area contributed by atoms with Gasteiger partial charge in [-0.15, -0.1) is 11.3 Å². The Labute approximate surface area is 145 Å². The molecule has 4 nitrogen and oxygen atoms in total. The van der Waals surface area contributed by atoms with Crippen LogP contribution in [0.25, 0.3) is 10.6 Å². The fraction of sp³-hybridized carbons (Fsp3) is 0.211. The summed E-state index contributed by atoms with van der Waals surface area (Å²) in [4.78, 5) is 20.6. The zero-order valence-corrected chi connectivity index (χ0v) is 14.5. The summed E-state index contributed by atoms with van der Waals surface area (Å²) < 4.78 is 0. The molecule has 3 rings (SSSR count). The highest BCUT2D eigenvalue weighted by molar-refractivity contribution is 7.13. The summed E-state index contributed by atoms with van der Waals surface area (Å²) in [6, 6.07) is 11.6. The van der Waals surface area contributed by atoms with Crippen LogP contribution < -0.4 is 5.32 Å². The average Bonchev–Trinajstić information content (AvgIpc) is 3.11. The van der Waals surface area contributed by atoms with Crippen LogP contribution in [-0.4, -0.2) is 15.9 Å². The van der Waals surface area contributed by atoms with Crippen LogP contribution in [0.2, 0.25) is 0 Å². The van der Waals surface area contributed by atoms with Crippen LogP contribution in [0.4, 0.5) is 0 Å². The smallest absolute Gasteiger partial charge is 0.253 e. The molecule has 2 heterocycles. The molecule has 1 amide bonds. The van der Waals surface area contributed by atoms with E-state index in [2.05, 4.69) is 46.6 Å². The quantitative estimate of drug-likeness (QED) is 0.757. The number of hydrogen-bond donors (Lipinski definition) is 1. The van der Waals surface area contributed by atoms with Crippen LogP contribution in [0.3, 0.4) is 0 Å². The lowest BCUT2D eigenvalue weighted by molar-refractivity contribution is 0.0950. The Morgan fingerprint density at radius 3 is 2.62 bits per heavy atom. The third kappa shape index (κ3) is 3.86. The maximum atomic E-state index is 12.0. The van der Waals surface area contributed by atoms with Gasteiger partial charge in [-0.25, -0.2) is 4.98 Å². The van der Waals surface area contributed by atoms with Gasteiger partial charge in [0.05, 0.1) is 11.3 Å². The highest BCUT2D eigenvalue weighted by atomic mass is 32.1. The minimum Gasteiger partial charge on any atom is -0.348 e. The summed E-state index contributed by atoms with van der Waals surface area (Å²) in [7, 11) is 0. The second-order valence-corrected chi connectivity index (χ2v) is 6.71. The standard InChI is InChI=1S/C19H19N3OS/c1-13(2)17-12-24-19(22-17)15-7-5-14(6-8-15)10-21-18(23)16-4-3-9-20-11-16/h3-9,11-13H,10H2,1-2H3,(H,21,23). The molecular weight excluding hydrogens is 318 g/mol. The predicted molar refractivity (Wildman–Crippen MR) is 97.0 cm³/mol. The van der Waals surface area contributed by atoms with Gasteiger partial charge in [0.15, 0.2) is 0 Å². The number of nitrogens with zero attached hydrogens (tertiary/aromatic N) is 2. The average molecular weight is 337 g/mol.